The lowest BCUT2D eigenvalue weighted by molar-refractivity contribution is -0.113. The summed E-state index contributed by atoms with van der Waals surface area (Å²) in [5.41, 5.74) is 3.66. The summed E-state index contributed by atoms with van der Waals surface area (Å²) in [5.74, 6) is 0.665. The van der Waals surface area contributed by atoms with Crippen molar-refractivity contribution in [2.75, 3.05) is 38.8 Å². The van der Waals surface area contributed by atoms with Crippen molar-refractivity contribution in [2.24, 2.45) is 0 Å². The van der Waals surface area contributed by atoms with Crippen LogP contribution in [-0.2, 0) is 24.2 Å². The molecule has 0 atom stereocenters. The molecule has 1 aromatic heterocycles. The molecular weight excluding hydrogens is 388 g/mol. The van der Waals surface area contributed by atoms with Crippen LogP contribution >= 0.6 is 11.8 Å². The molecule has 0 bridgehead atoms. The highest BCUT2D eigenvalue weighted by atomic mass is 32.2. The Balaban J connectivity index is 1.72. The van der Waals surface area contributed by atoms with Gasteiger partial charge < -0.3 is 15.0 Å². The number of nitrogens with one attached hydrogen (secondary N) is 1. The molecule has 1 aliphatic rings. The topological polar surface area (TPSA) is 76.5 Å². The van der Waals surface area contributed by atoms with Gasteiger partial charge in [0.1, 0.15) is 10.8 Å². The fourth-order valence-corrected chi connectivity index (χ4v) is 4.35. The van der Waals surface area contributed by atoms with Crippen molar-refractivity contribution in [2.45, 2.75) is 37.8 Å². The first-order chi connectivity index (χ1) is 13.9. The average molecular weight is 417 g/mol. The Kier molecular flexibility index (Phi) is 6.97. The highest BCUT2D eigenvalue weighted by Crippen LogP contribution is 2.30. The van der Waals surface area contributed by atoms with Crippen LogP contribution in [0, 0.1) is 6.92 Å². The standard InChI is InChI=1S/C21H28N4O3S/c1-14-8-9-18(28-4)16(12-14)22-19(26)13-29-20-15-6-5-7-17(15)25(21(27)23-20)11-10-24(2)3/h8-9,12H,5-7,10-11,13H2,1-4H3,(H,22,26). The second kappa shape index (κ2) is 9.45. The van der Waals surface area contributed by atoms with Crippen molar-refractivity contribution in [3.05, 3.63) is 45.5 Å². The van der Waals surface area contributed by atoms with Crippen LogP contribution in [0.2, 0.25) is 0 Å². The zero-order chi connectivity index (χ0) is 21.0. The Morgan fingerprint density at radius 3 is 2.86 bits per heavy atom. The maximum Gasteiger partial charge on any atom is 0.348 e. The summed E-state index contributed by atoms with van der Waals surface area (Å²) >= 11 is 1.33. The van der Waals surface area contributed by atoms with Crippen LogP contribution < -0.4 is 15.7 Å². The molecule has 29 heavy (non-hydrogen) atoms. The van der Waals surface area contributed by atoms with Crippen LogP contribution in [0.4, 0.5) is 5.69 Å². The fourth-order valence-electron chi connectivity index (χ4n) is 3.48. The number of hydrogen-bond donors (Lipinski definition) is 1. The Hall–Kier alpha value is -2.32. The Labute approximate surface area is 175 Å². The monoisotopic (exact) mass is 416 g/mol. The molecule has 3 rings (SSSR count). The molecule has 0 radical (unpaired) electrons. The second-order valence-electron chi connectivity index (χ2n) is 7.47. The van der Waals surface area contributed by atoms with E-state index in [0.29, 0.717) is 23.0 Å². The van der Waals surface area contributed by atoms with Gasteiger partial charge in [-0.15, -0.1) is 0 Å². The summed E-state index contributed by atoms with van der Waals surface area (Å²) in [7, 11) is 5.56. The molecular formula is C21H28N4O3S. The third-order valence-electron chi connectivity index (χ3n) is 4.94. The summed E-state index contributed by atoms with van der Waals surface area (Å²) in [6.45, 7) is 3.39. The normalized spacial score (nSPS) is 12.9. The molecule has 156 valence electrons. The van der Waals surface area contributed by atoms with Crippen molar-refractivity contribution in [3.8, 4) is 5.75 Å². The van der Waals surface area contributed by atoms with E-state index < -0.39 is 0 Å². The molecule has 0 aliphatic heterocycles. The number of benzene rings is 1. The van der Waals surface area contributed by atoms with Crippen LogP contribution in [0.25, 0.3) is 0 Å². The summed E-state index contributed by atoms with van der Waals surface area (Å²) in [6, 6.07) is 5.64. The summed E-state index contributed by atoms with van der Waals surface area (Å²) in [5, 5.41) is 3.59. The minimum absolute atomic E-state index is 0.149. The van der Waals surface area contributed by atoms with Crippen LogP contribution in [0.5, 0.6) is 5.75 Å². The number of fused-ring (bicyclic) bond motifs is 1. The van der Waals surface area contributed by atoms with Crippen molar-refractivity contribution >= 4 is 23.4 Å². The predicted octanol–water partition coefficient (Wildman–Crippen LogP) is 2.34. The summed E-state index contributed by atoms with van der Waals surface area (Å²) in [4.78, 5) is 31.4. The molecule has 8 heteroatoms. The van der Waals surface area contributed by atoms with Crippen molar-refractivity contribution in [1.29, 1.82) is 0 Å². The summed E-state index contributed by atoms with van der Waals surface area (Å²) < 4.78 is 7.11. The van der Waals surface area contributed by atoms with E-state index in [1.165, 1.54) is 11.8 Å². The van der Waals surface area contributed by atoms with Crippen LogP contribution in [0.1, 0.15) is 23.2 Å². The van der Waals surface area contributed by atoms with Gasteiger partial charge in [0.05, 0.1) is 18.6 Å². The minimum atomic E-state index is -0.226. The smallest absolute Gasteiger partial charge is 0.348 e. The molecule has 2 aromatic rings. The molecule has 0 unspecified atom stereocenters. The number of carbonyl (C=O) groups excluding carboxylic acids is 1. The number of anilines is 1. The Morgan fingerprint density at radius 1 is 1.34 bits per heavy atom. The van der Waals surface area contributed by atoms with Crippen molar-refractivity contribution < 1.29 is 9.53 Å². The van der Waals surface area contributed by atoms with Gasteiger partial charge in [0.15, 0.2) is 0 Å². The van der Waals surface area contributed by atoms with Crippen LogP contribution in [0.15, 0.2) is 28.0 Å². The van der Waals surface area contributed by atoms with Crippen molar-refractivity contribution in [1.82, 2.24) is 14.5 Å². The third-order valence-corrected chi connectivity index (χ3v) is 5.96. The maximum atomic E-state index is 12.6. The SMILES string of the molecule is COc1ccc(C)cc1NC(=O)CSc1nc(=O)n(CCN(C)C)c2c1CCC2. The van der Waals surface area contributed by atoms with E-state index >= 15 is 0 Å². The molecule has 1 aromatic carbocycles. The van der Waals surface area contributed by atoms with E-state index in [9.17, 15) is 9.59 Å². The number of nitrogens with zero attached hydrogens (tertiary/aromatic N) is 3. The predicted molar refractivity (Wildman–Crippen MR) is 116 cm³/mol. The first-order valence-corrected chi connectivity index (χ1v) is 10.7. The highest BCUT2D eigenvalue weighted by Gasteiger charge is 2.22. The Bertz CT molecular complexity index is 956. The summed E-state index contributed by atoms with van der Waals surface area (Å²) in [6.07, 6.45) is 2.81. The number of methoxy groups -OCH3 is 1. The van der Waals surface area contributed by atoms with E-state index in [0.717, 1.165) is 42.6 Å². The number of amides is 1. The first-order valence-electron chi connectivity index (χ1n) is 9.73. The molecule has 0 spiro atoms. The number of likely N-dealkylation sites (N-methyl/N-ethyl adjacent to an activating group) is 1. The van der Waals surface area contributed by atoms with Crippen molar-refractivity contribution in [3.63, 3.8) is 0 Å². The number of aryl methyl sites for hydroxylation is 1. The molecule has 1 amide bonds. The van der Waals surface area contributed by atoms with E-state index in [1.54, 1.807) is 11.7 Å². The molecule has 1 aliphatic carbocycles. The Morgan fingerprint density at radius 2 is 2.14 bits per heavy atom. The zero-order valence-corrected chi connectivity index (χ0v) is 18.3. The number of hydrogen-bond acceptors (Lipinski definition) is 6. The lowest BCUT2D eigenvalue weighted by atomic mass is 10.2. The van der Waals surface area contributed by atoms with Gasteiger partial charge in [-0.1, -0.05) is 17.8 Å². The quantitative estimate of drug-likeness (QED) is 0.526. The van der Waals surface area contributed by atoms with Gasteiger partial charge in [-0.2, -0.15) is 4.98 Å². The number of carbonyl (C=O) groups is 1. The van der Waals surface area contributed by atoms with E-state index in [-0.39, 0.29) is 17.3 Å². The number of ether oxygens (including phenoxy) is 1. The molecule has 0 saturated heterocycles. The number of rotatable bonds is 8. The van der Waals surface area contributed by atoms with Gasteiger partial charge in [-0.25, -0.2) is 4.79 Å². The molecule has 0 saturated carbocycles. The zero-order valence-electron chi connectivity index (χ0n) is 17.4. The van der Waals surface area contributed by atoms with E-state index in [1.807, 2.05) is 39.2 Å². The number of thioether (sulfide) groups is 1. The van der Waals surface area contributed by atoms with Gasteiger partial charge in [0, 0.05) is 24.3 Å². The largest absolute Gasteiger partial charge is 0.495 e. The molecule has 7 nitrogen and oxygen atoms in total. The van der Waals surface area contributed by atoms with E-state index in [2.05, 4.69) is 15.2 Å². The van der Waals surface area contributed by atoms with Gasteiger partial charge in [-0.3, -0.25) is 9.36 Å². The average Bonchev–Trinajstić information content (AvgIpc) is 3.15. The van der Waals surface area contributed by atoms with Crippen LogP contribution in [-0.4, -0.2) is 53.9 Å². The fraction of sp³-hybridized carbons (Fsp3) is 0.476. The second-order valence-corrected chi connectivity index (χ2v) is 8.44. The molecule has 1 heterocycles. The van der Waals surface area contributed by atoms with Gasteiger partial charge in [0.25, 0.3) is 0 Å². The van der Waals surface area contributed by atoms with Gasteiger partial charge in [0.2, 0.25) is 5.91 Å². The lowest BCUT2D eigenvalue weighted by Gasteiger charge is -2.16. The highest BCUT2D eigenvalue weighted by molar-refractivity contribution is 8.00. The number of aromatic nitrogens is 2. The molecule has 0 fully saturated rings. The van der Waals surface area contributed by atoms with Crippen LogP contribution in [0.3, 0.4) is 0 Å². The maximum absolute atomic E-state index is 12.6. The molecule has 1 N–H and O–H groups in total. The minimum Gasteiger partial charge on any atom is -0.495 e. The van der Waals surface area contributed by atoms with E-state index in [4.69, 9.17) is 4.74 Å². The van der Waals surface area contributed by atoms with Gasteiger partial charge >= 0.3 is 5.69 Å². The third kappa shape index (κ3) is 5.19. The first kappa shape index (κ1) is 21.4. The van der Waals surface area contributed by atoms with Gasteiger partial charge in [-0.05, 0) is 58.0 Å². The lowest BCUT2D eigenvalue weighted by Crippen LogP contribution is -2.31.